The van der Waals surface area contributed by atoms with E-state index in [9.17, 15) is 14.4 Å². The van der Waals surface area contributed by atoms with E-state index in [1.807, 2.05) is 11.4 Å². The number of amides is 3. The molecule has 0 heterocycles. The molecule has 0 atom stereocenters. The van der Waals surface area contributed by atoms with Crippen LogP contribution in [-0.2, 0) is 9.53 Å². The molecule has 0 fully saturated rings. The van der Waals surface area contributed by atoms with Gasteiger partial charge >= 0.3 is 6.09 Å². The Labute approximate surface area is 139 Å². The molecule has 2 rings (SSSR count). The Balaban J connectivity index is 2.25. The monoisotopic (exact) mass is 324 g/mol. The van der Waals surface area contributed by atoms with Gasteiger partial charge < -0.3 is 10.1 Å². The number of methoxy groups -OCH3 is 1. The van der Waals surface area contributed by atoms with Gasteiger partial charge in [0.05, 0.1) is 7.11 Å². The van der Waals surface area contributed by atoms with Gasteiger partial charge in [-0.25, -0.2) is 4.79 Å². The van der Waals surface area contributed by atoms with E-state index >= 15 is 0 Å². The Hall–Kier alpha value is -3.41. The van der Waals surface area contributed by atoms with Gasteiger partial charge in [-0.3, -0.25) is 14.9 Å². The lowest BCUT2D eigenvalue weighted by atomic mass is 10.1. The zero-order valence-electron chi connectivity index (χ0n) is 13.0. The van der Waals surface area contributed by atoms with Crippen molar-refractivity contribution < 1.29 is 19.1 Å². The van der Waals surface area contributed by atoms with E-state index in [-0.39, 0.29) is 5.70 Å². The number of nitrogens with one attached hydrogen (secondary N) is 2. The van der Waals surface area contributed by atoms with Crippen LogP contribution >= 0.6 is 0 Å². The molecule has 0 unspecified atom stereocenters. The third-order valence-electron chi connectivity index (χ3n) is 3.04. The summed E-state index contributed by atoms with van der Waals surface area (Å²) < 4.78 is 4.40. The molecule has 2 aromatic carbocycles. The van der Waals surface area contributed by atoms with Crippen molar-refractivity contribution >= 4 is 24.0 Å². The van der Waals surface area contributed by atoms with Crippen LogP contribution in [0.4, 0.5) is 4.79 Å². The van der Waals surface area contributed by atoms with Crippen LogP contribution in [0.2, 0.25) is 0 Å². The van der Waals surface area contributed by atoms with Crippen molar-refractivity contribution in [3.63, 3.8) is 0 Å². The van der Waals surface area contributed by atoms with Gasteiger partial charge in [-0.2, -0.15) is 0 Å². The first-order chi connectivity index (χ1) is 11.6. The highest BCUT2D eigenvalue weighted by atomic mass is 16.5. The average molecular weight is 324 g/mol. The molecule has 0 spiro atoms. The van der Waals surface area contributed by atoms with Crippen LogP contribution in [-0.4, -0.2) is 25.0 Å². The third-order valence-corrected chi connectivity index (χ3v) is 3.04. The van der Waals surface area contributed by atoms with Crippen LogP contribution in [0, 0.1) is 0 Å². The Morgan fingerprint density at radius 3 is 2.04 bits per heavy atom. The Bertz CT molecular complexity index is 755. The van der Waals surface area contributed by atoms with Crippen molar-refractivity contribution in [3.8, 4) is 0 Å². The van der Waals surface area contributed by atoms with Crippen molar-refractivity contribution in [2.45, 2.75) is 0 Å². The lowest BCUT2D eigenvalue weighted by Gasteiger charge is -2.10. The number of carbonyl (C=O) groups excluding carboxylic acids is 3. The van der Waals surface area contributed by atoms with E-state index in [0.29, 0.717) is 11.1 Å². The number of imide groups is 1. The Morgan fingerprint density at radius 2 is 1.46 bits per heavy atom. The van der Waals surface area contributed by atoms with Crippen LogP contribution in [0.5, 0.6) is 0 Å². The van der Waals surface area contributed by atoms with Crippen LogP contribution in [0.1, 0.15) is 15.9 Å². The summed E-state index contributed by atoms with van der Waals surface area (Å²) in [4.78, 5) is 35.7. The topological polar surface area (TPSA) is 84.5 Å². The highest BCUT2D eigenvalue weighted by molar-refractivity contribution is 6.09. The van der Waals surface area contributed by atoms with Gasteiger partial charge in [-0.15, -0.1) is 0 Å². The van der Waals surface area contributed by atoms with Gasteiger partial charge in [0.25, 0.3) is 11.8 Å². The minimum absolute atomic E-state index is 0.0690. The number of ether oxygens (including phenoxy) is 1. The highest BCUT2D eigenvalue weighted by Gasteiger charge is 2.17. The number of alkyl carbamates (subject to hydrolysis) is 1. The largest absolute Gasteiger partial charge is 0.453 e. The number of carbonyl (C=O) groups is 3. The first-order valence-corrected chi connectivity index (χ1v) is 7.12. The predicted molar refractivity (Wildman–Crippen MR) is 88.9 cm³/mol. The summed E-state index contributed by atoms with van der Waals surface area (Å²) in [6.45, 7) is 0. The predicted octanol–water partition coefficient (Wildman–Crippen LogP) is 2.34. The maximum atomic E-state index is 12.3. The quantitative estimate of drug-likeness (QED) is 0.846. The first-order valence-electron chi connectivity index (χ1n) is 7.12. The van der Waals surface area contributed by atoms with Gasteiger partial charge in [0.15, 0.2) is 0 Å². The molecule has 24 heavy (non-hydrogen) atoms. The van der Waals surface area contributed by atoms with Crippen LogP contribution < -0.4 is 10.6 Å². The summed E-state index contributed by atoms with van der Waals surface area (Å²) in [7, 11) is 1.14. The molecule has 3 amide bonds. The van der Waals surface area contributed by atoms with E-state index in [0.717, 1.165) is 7.11 Å². The summed E-state index contributed by atoms with van der Waals surface area (Å²) >= 11 is 0. The van der Waals surface area contributed by atoms with Crippen LogP contribution in [0.15, 0.2) is 66.4 Å². The van der Waals surface area contributed by atoms with Crippen molar-refractivity contribution in [1.29, 1.82) is 0 Å². The minimum Gasteiger partial charge on any atom is -0.453 e. The average Bonchev–Trinajstić information content (AvgIpc) is 2.62. The molecule has 0 aliphatic carbocycles. The molecule has 0 bridgehead atoms. The second-order valence-corrected chi connectivity index (χ2v) is 4.73. The zero-order valence-corrected chi connectivity index (χ0v) is 13.0. The summed E-state index contributed by atoms with van der Waals surface area (Å²) in [5, 5.41) is 4.54. The molecule has 6 nitrogen and oxygen atoms in total. The van der Waals surface area contributed by atoms with Gasteiger partial charge in [0.2, 0.25) is 0 Å². The summed E-state index contributed by atoms with van der Waals surface area (Å²) in [6, 6.07) is 17.4. The molecule has 0 aromatic heterocycles. The second kappa shape index (κ2) is 8.28. The van der Waals surface area contributed by atoms with Gasteiger partial charge in [-0.1, -0.05) is 48.5 Å². The molecular weight excluding hydrogens is 308 g/mol. The molecular formula is C18H16N2O4. The SMILES string of the molecule is COC(=O)NC(=O)C(=Cc1ccccc1)NC(=O)c1ccccc1. The lowest BCUT2D eigenvalue weighted by molar-refractivity contribution is -0.117. The molecule has 0 aliphatic heterocycles. The van der Waals surface area contributed by atoms with E-state index in [2.05, 4.69) is 10.1 Å². The summed E-state index contributed by atoms with van der Waals surface area (Å²) in [6.07, 6.45) is 0.562. The second-order valence-electron chi connectivity index (χ2n) is 4.73. The van der Waals surface area contributed by atoms with Gasteiger partial charge in [0, 0.05) is 5.56 Å². The van der Waals surface area contributed by atoms with Gasteiger partial charge in [0.1, 0.15) is 5.70 Å². The molecule has 0 radical (unpaired) electrons. The lowest BCUT2D eigenvalue weighted by Crippen LogP contribution is -2.38. The molecule has 0 saturated heterocycles. The Morgan fingerprint density at radius 1 is 0.875 bits per heavy atom. The maximum Gasteiger partial charge on any atom is 0.413 e. The molecule has 122 valence electrons. The number of benzene rings is 2. The smallest absolute Gasteiger partial charge is 0.413 e. The van der Waals surface area contributed by atoms with Gasteiger partial charge in [-0.05, 0) is 23.8 Å². The number of rotatable bonds is 4. The van der Waals surface area contributed by atoms with Crippen LogP contribution in [0.3, 0.4) is 0 Å². The molecule has 0 saturated carbocycles. The molecule has 2 N–H and O–H groups in total. The van der Waals surface area contributed by atoms with Crippen molar-refractivity contribution in [2.75, 3.05) is 7.11 Å². The maximum absolute atomic E-state index is 12.3. The Kier molecular flexibility index (Phi) is 5.85. The fourth-order valence-electron chi connectivity index (χ4n) is 1.87. The van der Waals surface area contributed by atoms with Crippen molar-refractivity contribution in [2.24, 2.45) is 0 Å². The van der Waals surface area contributed by atoms with Crippen LogP contribution in [0.25, 0.3) is 6.08 Å². The van der Waals surface area contributed by atoms with E-state index in [1.165, 1.54) is 6.08 Å². The van der Waals surface area contributed by atoms with E-state index < -0.39 is 17.9 Å². The van der Waals surface area contributed by atoms with Crippen molar-refractivity contribution in [1.82, 2.24) is 10.6 Å². The highest BCUT2D eigenvalue weighted by Crippen LogP contribution is 2.07. The van der Waals surface area contributed by atoms with E-state index in [1.54, 1.807) is 54.6 Å². The fraction of sp³-hybridized carbons (Fsp3) is 0.0556. The normalized spacial score (nSPS) is 10.6. The molecule has 2 aromatic rings. The minimum atomic E-state index is -0.909. The standard InChI is InChI=1S/C18H16N2O4/c1-24-18(23)20-17(22)15(12-13-8-4-2-5-9-13)19-16(21)14-10-6-3-7-11-14/h2-12H,1H3,(H,19,21)(H,20,22,23). The fourth-order valence-corrected chi connectivity index (χ4v) is 1.87. The number of hydrogen-bond donors (Lipinski definition) is 2. The first kappa shape index (κ1) is 17.0. The van der Waals surface area contributed by atoms with E-state index in [4.69, 9.17) is 0 Å². The molecule has 6 heteroatoms. The molecule has 0 aliphatic rings. The zero-order chi connectivity index (χ0) is 17.4. The summed E-state index contributed by atoms with van der Waals surface area (Å²) in [5.41, 5.74) is 1.02. The third kappa shape index (κ3) is 4.81. The summed E-state index contributed by atoms with van der Waals surface area (Å²) in [5.74, 6) is -1.23. The van der Waals surface area contributed by atoms with Crippen molar-refractivity contribution in [3.05, 3.63) is 77.5 Å². The number of hydrogen-bond acceptors (Lipinski definition) is 4.